The fourth-order valence-electron chi connectivity index (χ4n) is 3.24. The first-order valence-electron chi connectivity index (χ1n) is 8.53. The standard InChI is InChI=1S/C18H28N2O2/c1-3-12-18(2,20-17(22)15-10-6-7-11-15)13-19-16(21)14-8-4-5-9-14/h8,10H,3-7,9,11-13H2,1-2H3,(H,19,21)(H,20,22)/t18-/m1/s1. The molecule has 0 spiro atoms. The first kappa shape index (κ1) is 16.8. The molecule has 0 aromatic carbocycles. The third kappa shape index (κ3) is 4.46. The van der Waals surface area contributed by atoms with Gasteiger partial charge in [-0.3, -0.25) is 9.59 Å². The molecular formula is C18H28N2O2. The summed E-state index contributed by atoms with van der Waals surface area (Å²) in [5, 5.41) is 6.15. The molecule has 0 radical (unpaired) electrons. The summed E-state index contributed by atoms with van der Waals surface area (Å²) >= 11 is 0. The van der Waals surface area contributed by atoms with Crippen molar-refractivity contribution in [1.29, 1.82) is 0 Å². The highest BCUT2D eigenvalue weighted by Crippen LogP contribution is 2.21. The van der Waals surface area contributed by atoms with Gasteiger partial charge in [-0.2, -0.15) is 0 Å². The molecule has 1 atom stereocenters. The van der Waals surface area contributed by atoms with Gasteiger partial charge >= 0.3 is 0 Å². The minimum absolute atomic E-state index is 0.0224. The zero-order valence-corrected chi connectivity index (χ0v) is 13.8. The van der Waals surface area contributed by atoms with Gasteiger partial charge in [0.1, 0.15) is 0 Å². The van der Waals surface area contributed by atoms with E-state index in [1.54, 1.807) is 0 Å². The molecule has 0 aromatic rings. The van der Waals surface area contributed by atoms with Crippen molar-refractivity contribution >= 4 is 11.8 Å². The van der Waals surface area contributed by atoms with E-state index in [-0.39, 0.29) is 17.4 Å². The normalized spacial score (nSPS) is 20.1. The van der Waals surface area contributed by atoms with E-state index in [0.717, 1.165) is 62.5 Å². The molecule has 0 fully saturated rings. The molecule has 0 bridgehead atoms. The predicted octanol–water partition coefficient (Wildman–Crippen LogP) is 3.00. The van der Waals surface area contributed by atoms with Crippen LogP contribution in [0.3, 0.4) is 0 Å². The number of nitrogens with one attached hydrogen (secondary N) is 2. The lowest BCUT2D eigenvalue weighted by Crippen LogP contribution is -2.53. The average molecular weight is 304 g/mol. The minimum Gasteiger partial charge on any atom is -0.350 e. The summed E-state index contributed by atoms with van der Waals surface area (Å²) in [5.74, 6) is 0.0527. The Morgan fingerprint density at radius 3 is 2.18 bits per heavy atom. The van der Waals surface area contributed by atoms with Crippen LogP contribution < -0.4 is 10.6 Å². The van der Waals surface area contributed by atoms with Crippen LogP contribution in [0, 0.1) is 0 Å². The van der Waals surface area contributed by atoms with Gasteiger partial charge in [0.15, 0.2) is 0 Å². The number of rotatable bonds is 7. The van der Waals surface area contributed by atoms with Gasteiger partial charge in [0.05, 0.1) is 5.54 Å². The van der Waals surface area contributed by atoms with Crippen LogP contribution in [0.4, 0.5) is 0 Å². The van der Waals surface area contributed by atoms with E-state index >= 15 is 0 Å². The zero-order chi connectivity index (χ0) is 16.0. The quantitative estimate of drug-likeness (QED) is 0.759. The van der Waals surface area contributed by atoms with Crippen LogP contribution in [0.15, 0.2) is 23.3 Å². The van der Waals surface area contributed by atoms with Crippen molar-refractivity contribution < 1.29 is 9.59 Å². The van der Waals surface area contributed by atoms with Crippen LogP contribution in [0.25, 0.3) is 0 Å². The molecule has 0 unspecified atom stereocenters. The molecule has 0 aromatic heterocycles. The first-order valence-corrected chi connectivity index (χ1v) is 8.53. The summed E-state index contributed by atoms with van der Waals surface area (Å²) in [6.45, 7) is 4.60. The number of amides is 2. The van der Waals surface area contributed by atoms with Gasteiger partial charge in [-0.1, -0.05) is 25.5 Å². The fraction of sp³-hybridized carbons (Fsp3) is 0.667. The molecule has 122 valence electrons. The highest BCUT2D eigenvalue weighted by molar-refractivity contribution is 5.95. The van der Waals surface area contributed by atoms with Gasteiger partial charge < -0.3 is 10.6 Å². The Morgan fingerprint density at radius 1 is 1.09 bits per heavy atom. The summed E-state index contributed by atoms with van der Waals surface area (Å²) in [5.41, 5.74) is 1.40. The Bertz CT molecular complexity index is 493. The van der Waals surface area contributed by atoms with Crippen molar-refractivity contribution in [3.63, 3.8) is 0 Å². The van der Waals surface area contributed by atoms with E-state index < -0.39 is 0 Å². The Hall–Kier alpha value is -1.58. The summed E-state index contributed by atoms with van der Waals surface area (Å²) in [6, 6.07) is 0. The number of hydrogen-bond donors (Lipinski definition) is 2. The molecule has 2 aliphatic rings. The van der Waals surface area contributed by atoms with E-state index in [2.05, 4.69) is 17.6 Å². The Kier molecular flexibility index (Phi) is 5.81. The van der Waals surface area contributed by atoms with Crippen LogP contribution in [0.2, 0.25) is 0 Å². The molecule has 2 rings (SSSR count). The maximum Gasteiger partial charge on any atom is 0.247 e. The van der Waals surface area contributed by atoms with Gasteiger partial charge in [0.25, 0.3) is 0 Å². The highest BCUT2D eigenvalue weighted by atomic mass is 16.2. The largest absolute Gasteiger partial charge is 0.350 e. The molecule has 0 heterocycles. The molecule has 4 nitrogen and oxygen atoms in total. The molecule has 22 heavy (non-hydrogen) atoms. The number of carbonyl (C=O) groups excluding carboxylic acids is 2. The van der Waals surface area contributed by atoms with E-state index in [4.69, 9.17) is 0 Å². The number of allylic oxidation sites excluding steroid dienone is 2. The van der Waals surface area contributed by atoms with E-state index in [1.807, 2.05) is 19.1 Å². The summed E-state index contributed by atoms with van der Waals surface area (Å²) in [6.07, 6.45) is 11.7. The molecule has 0 saturated carbocycles. The molecule has 2 amide bonds. The van der Waals surface area contributed by atoms with Crippen molar-refractivity contribution in [3.8, 4) is 0 Å². The van der Waals surface area contributed by atoms with E-state index in [1.165, 1.54) is 0 Å². The van der Waals surface area contributed by atoms with Crippen molar-refractivity contribution in [3.05, 3.63) is 23.3 Å². The molecule has 2 aliphatic carbocycles. The van der Waals surface area contributed by atoms with Crippen LogP contribution in [-0.4, -0.2) is 23.9 Å². The Balaban J connectivity index is 1.91. The lowest BCUT2D eigenvalue weighted by molar-refractivity contribution is -0.121. The van der Waals surface area contributed by atoms with Gasteiger partial charge in [-0.05, 0) is 51.9 Å². The molecule has 4 heteroatoms. The maximum absolute atomic E-state index is 12.3. The van der Waals surface area contributed by atoms with Crippen molar-refractivity contribution in [1.82, 2.24) is 10.6 Å². The van der Waals surface area contributed by atoms with Crippen LogP contribution in [-0.2, 0) is 9.59 Å². The molecule has 0 aliphatic heterocycles. The average Bonchev–Trinajstić information content (AvgIpc) is 3.17. The van der Waals surface area contributed by atoms with Gasteiger partial charge in [-0.25, -0.2) is 0 Å². The van der Waals surface area contributed by atoms with Gasteiger partial charge in [-0.15, -0.1) is 0 Å². The second kappa shape index (κ2) is 7.61. The third-order valence-corrected chi connectivity index (χ3v) is 4.52. The lowest BCUT2D eigenvalue weighted by atomic mass is 9.95. The second-order valence-corrected chi connectivity index (χ2v) is 6.69. The third-order valence-electron chi connectivity index (χ3n) is 4.52. The van der Waals surface area contributed by atoms with Crippen LogP contribution in [0.1, 0.15) is 65.2 Å². The number of hydrogen-bond acceptors (Lipinski definition) is 2. The zero-order valence-electron chi connectivity index (χ0n) is 13.8. The first-order chi connectivity index (χ1) is 10.5. The van der Waals surface area contributed by atoms with Crippen molar-refractivity contribution in [2.75, 3.05) is 6.54 Å². The summed E-state index contributed by atoms with van der Waals surface area (Å²) < 4.78 is 0. The predicted molar refractivity (Wildman–Crippen MR) is 88.3 cm³/mol. The van der Waals surface area contributed by atoms with Crippen molar-refractivity contribution in [2.24, 2.45) is 0 Å². The lowest BCUT2D eigenvalue weighted by Gasteiger charge is -2.31. The van der Waals surface area contributed by atoms with Crippen LogP contribution in [0.5, 0.6) is 0 Å². The van der Waals surface area contributed by atoms with Crippen LogP contribution >= 0.6 is 0 Å². The summed E-state index contributed by atoms with van der Waals surface area (Å²) in [7, 11) is 0. The minimum atomic E-state index is -0.385. The number of carbonyl (C=O) groups is 2. The Labute approximate surface area is 133 Å². The molecular weight excluding hydrogens is 276 g/mol. The monoisotopic (exact) mass is 304 g/mol. The van der Waals surface area contributed by atoms with Gasteiger partial charge in [0.2, 0.25) is 11.8 Å². The van der Waals surface area contributed by atoms with E-state index in [0.29, 0.717) is 6.54 Å². The maximum atomic E-state index is 12.3. The Morgan fingerprint density at radius 2 is 1.68 bits per heavy atom. The highest BCUT2D eigenvalue weighted by Gasteiger charge is 2.28. The van der Waals surface area contributed by atoms with Crippen molar-refractivity contribution in [2.45, 2.75) is 70.8 Å². The molecule has 0 saturated heterocycles. The SMILES string of the molecule is CCC[C@](C)(CNC(=O)C1=CCCC1)NC(=O)C1=CCCC1. The topological polar surface area (TPSA) is 58.2 Å². The van der Waals surface area contributed by atoms with E-state index in [9.17, 15) is 9.59 Å². The smallest absolute Gasteiger partial charge is 0.247 e. The van der Waals surface area contributed by atoms with Gasteiger partial charge in [0, 0.05) is 17.7 Å². The second-order valence-electron chi connectivity index (χ2n) is 6.69. The summed E-state index contributed by atoms with van der Waals surface area (Å²) in [4.78, 5) is 24.5. The fourth-order valence-corrected chi connectivity index (χ4v) is 3.24. The molecule has 2 N–H and O–H groups in total.